The number of halogens is 3. The molecule has 1 saturated heterocycles. The van der Waals surface area contributed by atoms with E-state index in [0.717, 1.165) is 0 Å². The number of pyridine rings is 1. The number of carboxylic acid groups (broad SMARTS) is 1. The van der Waals surface area contributed by atoms with Crippen molar-refractivity contribution in [2.24, 2.45) is 5.92 Å². The topological polar surface area (TPSA) is 53.4 Å². The number of piperidine rings is 1. The molecule has 2 heterocycles. The van der Waals surface area contributed by atoms with Crippen molar-refractivity contribution in [1.29, 1.82) is 0 Å². The molecular weight excluding hydrogens is 273 g/mol. The molecule has 1 aromatic rings. The number of nitrogens with zero attached hydrogens (tertiary/aromatic N) is 2. The molecule has 0 unspecified atom stereocenters. The van der Waals surface area contributed by atoms with E-state index in [-0.39, 0.29) is 31.5 Å². The summed E-state index contributed by atoms with van der Waals surface area (Å²) in [7, 11) is 0. The fourth-order valence-corrected chi connectivity index (χ4v) is 2.43. The highest BCUT2D eigenvalue weighted by atomic mass is 19.4. The predicted molar refractivity (Wildman–Crippen MR) is 66.9 cm³/mol. The molecular formula is C13H15F3N2O2. The number of hydrogen-bond donors (Lipinski definition) is 1. The Hall–Kier alpha value is -1.79. The van der Waals surface area contributed by atoms with Gasteiger partial charge in [0.1, 0.15) is 5.82 Å². The summed E-state index contributed by atoms with van der Waals surface area (Å²) in [4.78, 5) is 16.7. The lowest BCUT2D eigenvalue weighted by Gasteiger charge is -2.34. The molecule has 1 fully saturated rings. The van der Waals surface area contributed by atoms with Crippen LogP contribution in [0, 0.1) is 12.8 Å². The second-order valence-electron chi connectivity index (χ2n) is 4.97. The molecule has 110 valence electrons. The van der Waals surface area contributed by atoms with Crippen LogP contribution in [0.3, 0.4) is 0 Å². The largest absolute Gasteiger partial charge is 0.478 e. The van der Waals surface area contributed by atoms with Crippen LogP contribution in [0.15, 0.2) is 12.3 Å². The summed E-state index contributed by atoms with van der Waals surface area (Å²) in [6, 6.07) is 1.49. The summed E-state index contributed by atoms with van der Waals surface area (Å²) < 4.78 is 37.8. The number of alkyl halides is 3. The van der Waals surface area contributed by atoms with E-state index in [1.54, 1.807) is 11.8 Å². The van der Waals surface area contributed by atoms with E-state index in [0.29, 0.717) is 11.4 Å². The summed E-state index contributed by atoms with van der Waals surface area (Å²) in [6.45, 7) is 2.28. The van der Waals surface area contributed by atoms with E-state index in [2.05, 4.69) is 4.98 Å². The number of aromatic nitrogens is 1. The van der Waals surface area contributed by atoms with E-state index in [9.17, 15) is 18.0 Å². The summed E-state index contributed by atoms with van der Waals surface area (Å²) in [5.41, 5.74) is 0.742. The molecule has 1 aliphatic rings. The van der Waals surface area contributed by atoms with Crippen molar-refractivity contribution >= 4 is 11.8 Å². The maximum atomic E-state index is 12.6. The number of hydrogen-bond acceptors (Lipinski definition) is 3. The van der Waals surface area contributed by atoms with Gasteiger partial charge in [-0.05, 0) is 31.4 Å². The Labute approximate surface area is 114 Å². The molecule has 1 aromatic heterocycles. The summed E-state index contributed by atoms with van der Waals surface area (Å²) in [5.74, 6) is -1.75. The van der Waals surface area contributed by atoms with E-state index >= 15 is 0 Å². The lowest BCUT2D eigenvalue weighted by molar-refractivity contribution is -0.179. The highest BCUT2D eigenvalue weighted by Crippen LogP contribution is 2.35. The zero-order valence-electron chi connectivity index (χ0n) is 10.9. The van der Waals surface area contributed by atoms with E-state index < -0.39 is 18.1 Å². The van der Waals surface area contributed by atoms with Gasteiger partial charge in [0.15, 0.2) is 0 Å². The van der Waals surface area contributed by atoms with Crippen LogP contribution in [0.2, 0.25) is 0 Å². The fraction of sp³-hybridized carbons (Fsp3) is 0.538. The summed E-state index contributed by atoms with van der Waals surface area (Å²) >= 11 is 0. The second kappa shape index (κ2) is 5.30. The van der Waals surface area contributed by atoms with Crippen molar-refractivity contribution < 1.29 is 23.1 Å². The Morgan fingerprint density at radius 2 is 2.00 bits per heavy atom. The first kappa shape index (κ1) is 14.6. The van der Waals surface area contributed by atoms with Gasteiger partial charge < -0.3 is 10.0 Å². The Morgan fingerprint density at radius 1 is 1.40 bits per heavy atom. The number of rotatable bonds is 2. The number of carbonyl (C=O) groups is 1. The van der Waals surface area contributed by atoms with Crippen LogP contribution in [0.5, 0.6) is 0 Å². The van der Waals surface area contributed by atoms with Gasteiger partial charge in [0.25, 0.3) is 0 Å². The molecule has 0 aromatic carbocycles. The molecule has 20 heavy (non-hydrogen) atoms. The normalized spacial score (nSPS) is 17.3. The molecule has 1 aliphatic heterocycles. The van der Waals surface area contributed by atoms with Crippen molar-refractivity contribution in [2.45, 2.75) is 25.9 Å². The maximum Gasteiger partial charge on any atom is 0.391 e. The van der Waals surface area contributed by atoms with Crippen LogP contribution >= 0.6 is 0 Å². The fourth-order valence-electron chi connectivity index (χ4n) is 2.43. The van der Waals surface area contributed by atoms with E-state index in [1.165, 1.54) is 12.3 Å². The Kier molecular flexibility index (Phi) is 3.87. The van der Waals surface area contributed by atoms with Crippen LogP contribution < -0.4 is 4.90 Å². The van der Waals surface area contributed by atoms with Crippen molar-refractivity contribution in [3.05, 3.63) is 23.4 Å². The maximum absolute atomic E-state index is 12.6. The quantitative estimate of drug-likeness (QED) is 0.909. The van der Waals surface area contributed by atoms with E-state index in [1.807, 2.05) is 0 Å². The molecule has 0 saturated carbocycles. The average molecular weight is 288 g/mol. The monoisotopic (exact) mass is 288 g/mol. The van der Waals surface area contributed by atoms with Crippen molar-refractivity contribution in [2.75, 3.05) is 18.0 Å². The lowest BCUT2D eigenvalue weighted by Crippen LogP contribution is -2.39. The Morgan fingerprint density at radius 3 is 2.45 bits per heavy atom. The number of aromatic carboxylic acids is 1. The lowest BCUT2D eigenvalue weighted by atomic mass is 9.96. The summed E-state index contributed by atoms with van der Waals surface area (Å²) in [6.07, 6.45) is -2.81. The third kappa shape index (κ3) is 3.02. The minimum atomic E-state index is -4.14. The Balaban J connectivity index is 2.09. The summed E-state index contributed by atoms with van der Waals surface area (Å²) in [5, 5.41) is 8.86. The molecule has 0 bridgehead atoms. The van der Waals surface area contributed by atoms with Gasteiger partial charge >= 0.3 is 12.1 Å². The number of aryl methyl sites for hydroxylation is 1. The molecule has 0 amide bonds. The van der Waals surface area contributed by atoms with Crippen molar-refractivity contribution in [1.82, 2.24) is 4.98 Å². The Bertz CT molecular complexity index is 509. The molecule has 0 radical (unpaired) electrons. The molecule has 0 aliphatic carbocycles. The first-order valence-electron chi connectivity index (χ1n) is 6.30. The number of anilines is 1. The zero-order valence-corrected chi connectivity index (χ0v) is 10.9. The first-order valence-corrected chi connectivity index (χ1v) is 6.30. The molecule has 0 spiro atoms. The molecule has 7 heteroatoms. The van der Waals surface area contributed by atoms with Gasteiger partial charge in [-0.2, -0.15) is 13.2 Å². The predicted octanol–water partition coefficient (Wildman–Crippen LogP) is 2.87. The molecule has 1 N–H and O–H groups in total. The van der Waals surface area contributed by atoms with Gasteiger partial charge in [0, 0.05) is 19.3 Å². The van der Waals surface area contributed by atoms with Crippen LogP contribution in [-0.4, -0.2) is 35.3 Å². The minimum Gasteiger partial charge on any atom is -0.478 e. The highest BCUT2D eigenvalue weighted by Gasteiger charge is 2.41. The molecule has 4 nitrogen and oxygen atoms in total. The smallest absolute Gasteiger partial charge is 0.391 e. The zero-order chi connectivity index (χ0) is 14.9. The average Bonchev–Trinajstić information content (AvgIpc) is 2.37. The molecule has 0 atom stereocenters. The van der Waals surface area contributed by atoms with Gasteiger partial charge in [-0.1, -0.05) is 0 Å². The van der Waals surface area contributed by atoms with Crippen LogP contribution in [0.4, 0.5) is 19.0 Å². The van der Waals surface area contributed by atoms with Crippen LogP contribution in [0.25, 0.3) is 0 Å². The third-order valence-corrected chi connectivity index (χ3v) is 3.55. The van der Waals surface area contributed by atoms with E-state index in [4.69, 9.17) is 5.11 Å². The van der Waals surface area contributed by atoms with Gasteiger partial charge in [-0.3, -0.25) is 0 Å². The second-order valence-corrected chi connectivity index (χ2v) is 4.97. The van der Waals surface area contributed by atoms with Crippen molar-refractivity contribution in [3.63, 3.8) is 0 Å². The van der Waals surface area contributed by atoms with Gasteiger partial charge in [0.05, 0.1) is 11.5 Å². The van der Waals surface area contributed by atoms with Crippen LogP contribution in [-0.2, 0) is 0 Å². The standard InChI is InChI=1S/C13H15F3N2O2/c1-8-6-9(12(19)20)7-17-11(8)18-4-2-10(3-5-18)13(14,15)16/h6-7,10H,2-5H2,1H3,(H,19,20). The molecule has 2 rings (SSSR count). The SMILES string of the molecule is Cc1cc(C(=O)O)cnc1N1CCC(C(F)(F)F)CC1. The highest BCUT2D eigenvalue weighted by molar-refractivity contribution is 5.87. The number of carboxylic acids is 1. The van der Waals surface area contributed by atoms with Crippen LogP contribution in [0.1, 0.15) is 28.8 Å². The van der Waals surface area contributed by atoms with Crippen molar-refractivity contribution in [3.8, 4) is 0 Å². The van der Waals surface area contributed by atoms with Gasteiger partial charge in [-0.15, -0.1) is 0 Å². The van der Waals surface area contributed by atoms with Gasteiger partial charge in [0.2, 0.25) is 0 Å². The third-order valence-electron chi connectivity index (χ3n) is 3.55. The van der Waals surface area contributed by atoms with Gasteiger partial charge in [-0.25, -0.2) is 9.78 Å². The minimum absolute atomic E-state index is 0.0469. The first-order chi connectivity index (χ1) is 9.29.